The minimum Gasteiger partial charge on any atom is -0.197 e. The molecule has 0 saturated heterocycles. The first-order chi connectivity index (χ1) is 12.7. The highest BCUT2D eigenvalue weighted by Gasteiger charge is 2.37. The van der Waals surface area contributed by atoms with Crippen molar-refractivity contribution >= 4 is 0 Å². The average Bonchev–Trinajstić information content (AvgIpc) is 2.69. The Kier molecular flexibility index (Phi) is 9.80. The van der Waals surface area contributed by atoms with Gasteiger partial charge >= 0.3 is 0 Å². The van der Waals surface area contributed by atoms with E-state index < -0.39 is 0 Å². The van der Waals surface area contributed by atoms with E-state index in [1.165, 1.54) is 83.5 Å². The van der Waals surface area contributed by atoms with Crippen molar-refractivity contribution in [2.24, 2.45) is 23.2 Å². The molecule has 2 rings (SSSR count). The summed E-state index contributed by atoms with van der Waals surface area (Å²) < 4.78 is 0. The van der Waals surface area contributed by atoms with Gasteiger partial charge in [0.05, 0.1) is 11.5 Å². The Morgan fingerprint density at radius 3 is 2.12 bits per heavy atom. The van der Waals surface area contributed by atoms with Gasteiger partial charge in [0.1, 0.15) is 0 Å². The summed E-state index contributed by atoms with van der Waals surface area (Å²) in [6.07, 6.45) is 26.1. The van der Waals surface area contributed by atoms with Crippen molar-refractivity contribution < 1.29 is 0 Å². The van der Waals surface area contributed by atoms with Crippen LogP contribution in [-0.2, 0) is 0 Å². The van der Waals surface area contributed by atoms with Crippen LogP contribution in [-0.4, -0.2) is 0 Å². The van der Waals surface area contributed by atoms with E-state index in [-0.39, 0.29) is 5.41 Å². The van der Waals surface area contributed by atoms with Gasteiger partial charge < -0.3 is 0 Å². The standard InChI is InChI=1S/C25H43N/c1-3-5-7-8-9-11-22-12-14-23(15-13-22)24-16-19-25(21-26,20-17-24)18-10-6-4-2/h10,18,22-24H,3-9,11-17,19-20H2,1-2H3/b18-10-. The van der Waals surface area contributed by atoms with Gasteiger partial charge in [-0.15, -0.1) is 0 Å². The number of nitriles is 1. The van der Waals surface area contributed by atoms with E-state index in [1.807, 2.05) is 0 Å². The van der Waals surface area contributed by atoms with Gasteiger partial charge in [-0.25, -0.2) is 0 Å². The predicted molar refractivity (Wildman–Crippen MR) is 113 cm³/mol. The summed E-state index contributed by atoms with van der Waals surface area (Å²) in [7, 11) is 0. The van der Waals surface area contributed by atoms with Gasteiger partial charge in [0, 0.05) is 0 Å². The summed E-state index contributed by atoms with van der Waals surface area (Å²) in [6.45, 7) is 4.51. The van der Waals surface area contributed by atoms with Crippen molar-refractivity contribution in [3.05, 3.63) is 12.2 Å². The lowest BCUT2D eigenvalue weighted by Gasteiger charge is -2.39. The van der Waals surface area contributed by atoms with Gasteiger partial charge in [-0.3, -0.25) is 0 Å². The second-order valence-electron chi connectivity index (χ2n) is 9.28. The fourth-order valence-corrected chi connectivity index (χ4v) is 5.40. The summed E-state index contributed by atoms with van der Waals surface area (Å²) in [5, 5.41) is 9.71. The number of allylic oxidation sites excluding steroid dienone is 2. The second kappa shape index (κ2) is 11.8. The van der Waals surface area contributed by atoms with Crippen LogP contribution in [0.1, 0.15) is 117 Å². The first-order valence-electron chi connectivity index (χ1n) is 11.8. The largest absolute Gasteiger partial charge is 0.197 e. The summed E-state index contributed by atoms with van der Waals surface area (Å²) in [6, 6.07) is 2.66. The molecule has 2 aliphatic carbocycles. The van der Waals surface area contributed by atoms with Crippen LogP contribution >= 0.6 is 0 Å². The van der Waals surface area contributed by atoms with Gasteiger partial charge in [0.15, 0.2) is 0 Å². The number of hydrogen-bond acceptors (Lipinski definition) is 1. The van der Waals surface area contributed by atoms with E-state index in [4.69, 9.17) is 0 Å². The van der Waals surface area contributed by atoms with Crippen molar-refractivity contribution in [2.75, 3.05) is 0 Å². The molecule has 2 fully saturated rings. The van der Waals surface area contributed by atoms with Crippen molar-refractivity contribution in [1.29, 1.82) is 5.26 Å². The Morgan fingerprint density at radius 1 is 0.846 bits per heavy atom. The van der Waals surface area contributed by atoms with Gasteiger partial charge in [-0.2, -0.15) is 5.26 Å². The zero-order valence-corrected chi connectivity index (χ0v) is 17.6. The molecule has 0 bridgehead atoms. The smallest absolute Gasteiger partial charge is 0.0753 e. The Balaban J connectivity index is 1.67. The van der Waals surface area contributed by atoms with Crippen molar-refractivity contribution in [3.63, 3.8) is 0 Å². The minimum absolute atomic E-state index is 0.138. The maximum absolute atomic E-state index is 9.71. The Hall–Kier alpha value is -0.770. The number of hydrogen-bond donors (Lipinski definition) is 0. The third kappa shape index (κ3) is 6.75. The van der Waals surface area contributed by atoms with Crippen LogP contribution in [0.5, 0.6) is 0 Å². The molecular weight excluding hydrogens is 314 g/mol. The molecule has 0 aromatic rings. The molecule has 0 aliphatic heterocycles. The molecule has 2 saturated carbocycles. The average molecular weight is 358 g/mol. The highest BCUT2D eigenvalue weighted by molar-refractivity contribution is 5.14. The molecule has 0 radical (unpaired) electrons. The monoisotopic (exact) mass is 357 g/mol. The SMILES string of the molecule is CCC/C=C\C1(C#N)CCC(C2CCC(CCCCCCC)CC2)CC1. The number of nitrogens with zero attached hydrogens (tertiary/aromatic N) is 1. The molecule has 2 aliphatic rings. The fourth-order valence-electron chi connectivity index (χ4n) is 5.40. The van der Waals surface area contributed by atoms with Crippen LogP contribution in [0.3, 0.4) is 0 Å². The lowest BCUT2D eigenvalue weighted by molar-refractivity contribution is 0.136. The van der Waals surface area contributed by atoms with Crippen LogP contribution in [0.4, 0.5) is 0 Å². The van der Waals surface area contributed by atoms with Crippen molar-refractivity contribution in [2.45, 2.75) is 117 Å². The topological polar surface area (TPSA) is 23.8 Å². The molecule has 0 spiro atoms. The molecule has 148 valence electrons. The third-order valence-corrected chi connectivity index (χ3v) is 7.31. The molecule has 1 heteroatoms. The van der Waals surface area contributed by atoms with E-state index in [0.717, 1.165) is 37.0 Å². The lowest BCUT2D eigenvalue weighted by atomic mass is 9.64. The second-order valence-corrected chi connectivity index (χ2v) is 9.28. The number of unbranched alkanes of at least 4 members (excludes halogenated alkanes) is 5. The molecule has 26 heavy (non-hydrogen) atoms. The highest BCUT2D eigenvalue weighted by atomic mass is 14.4. The number of rotatable bonds is 10. The molecule has 0 heterocycles. The molecule has 1 nitrogen and oxygen atoms in total. The minimum atomic E-state index is -0.138. The van der Waals surface area contributed by atoms with Crippen LogP contribution < -0.4 is 0 Å². The Labute approximate surface area is 163 Å². The molecule has 0 N–H and O–H groups in total. The summed E-state index contributed by atoms with van der Waals surface area (Å²) in [5.41, 5.74) is -0.138. The van der Waals surface area contributed by atoms with Crippen molar-refractivity contribution in [3.8, 4) is 6.07 Å². The molecular formula is C25H43N. The van der Waals surface area contributed by atoms with Crippen LogP contribution in [0.25, 0.3) is 0 Å². The Bertz CT molecular complexity index is 428. The molecule has 0 unspecified atom stereocenters. The maximum atomic E-state index is 9.71. The van der Waals surface area contributed by atoms with E-state index in [2.05, 4.69) is 32.1 Å². The van der Waals surface area contributed by atoms with Gasteiger partial charge in [0.25, 0.3) is 0 Å². The first kappa shape index (κ1) is 21.5. The lowest BCUT2D eigenvalue weighted by Crippen LogP contribution is -2.30. The summed E-state index contributed by atoms with van der Waals surface area (Å²) >= 11 is 0. The quantitative estimate of drug-likeness (QED) is 0.285. The summed E-state index contributed by atoms with van der Waals surface area (Å²) in [5.74, 6) is 2.89. The van der Waals surface area contributed by atoms with Gasteiger partial charge in [-0.1, -0.05) is 83.8 Å². The molecule has 0 amide bonds. The highest BCUT2D eigenvalue weighted by Crippen LogP contribution is 2.46. The fraction of sp³-hybridized carbons (Fsp3) is 0.880. The van der Waals surface area contributed by atoms with E-state index >= 15 is 0 Å². The molecule has 0 atom stereocenters. The molecule has 0 aromatic heterocycles. The molecule has 0 aromatic carbocycles. The zero-order valence-electron chi connectivity index (χ0n) is 17.6. The van der Waals surface area contributed by atoms with Gasteiger partial charge in [0.2, 0.25) is 0 Å². The van der Waals surface area contributed by atoms with Crippen LogP contribution in [0, 0.1) is 34.5 Å². The maximum Gasteiger partial charge on any atom is 0.0753 e. The van der Waals surface area contributed by atoms with Crippen molar-refractivity contribution in [1.82, 2.24) is 0 Å². The zero-order chi connectivity index (χ0) is 18.7. The first-order valence-corrected chi connectivity index (χ1v) is 11.8. The van der Waals surface area contributed by atoms with Gasteiger partial charge in [-0.05, 0) is 62.7 Å². The van der Waals surface area contributed by atoms with Crippen LogP contribution in [0.15, 0.2) is 12.2 Å². The van der Waals surface area contributed by atoms with E-state index in [1.54, 1.807) is 0 Å². The normalized spacial score (nSPS) is 32.6. The van der Waals surface area contributed by atoms with E-state index in [0.29, 0.717) is 0 Å². The third-order valence-electron chi connectivity index (χ3n) is 7.31. The summed E-state index contributed by atoms with van der Waals surface area (Å²) in [4.78, 5) is 0. The van der Waals surface area contributed by atoms with E-state index in [9.17, 15) is 5.26 Å². The Morgan fingerprint density at radius 2 is 1.50 bits per heavy atom. The predicted octanol–water partition coefficient (Wildman–Crippen LogP) is 8.21. The van der Waals surface area contributed by atoms with Crippen LogP contribution in [0.2, 0.25) is 0 Å².